The second kappa shape index (κ2) is 6.16. The number of aliphatic hydroxyl groups excluding tert-OH is 1. The summed E-state index contributed by atoms with van der Waals surface area (Å²) < 4.78 is 5.16. The van der Waals surface area contributed by atoms with Crippen LogP contribution in [-0.2, 0) is 17.8 Å². The predicted octanol–water partition coefficient (Wildman–Crippen LogP) is 2.40. The van der Waals surface area contributed by atoms with Crippen molar-refractivity contribution in [1.29, 1.82) is 0 Å². The largest absolute Gasteiger partial charge is 0.396 e. The molecule has 15 heavy (non-hydrogen) atoms. The molecule has 1 rings (SSSR count). The average molecular weight is 226 g/mol. The predicted molar refractivity (Wildman–Crippen MR) is 64.5 cm³/mol. The van der Waals surface area contributed by atoms with Gasteiger partial charge in [0.25, 0.3) is 0 Å². The van der Waals surface area contributed by atoms with Gasteiger partial charge in [0, 0.05) is 18.6 Å². The van der Waals surface area contributed by atoms with Crippen LogP contribution < -0.4 is 0 Å². The molecular formula is C12H18O2S. The van der Waals surface area contributed by atoms with E-state index in [1.54, 1.807) is 18.9 Å². The average Bonchev–Trinajstić information content (AvgIpc) is 2.22. The minimum atomic E-state index is 0.207. The van der Waals surface area contributed by atoms with Gasteiger partial charge in [0.1, 0.15) is 0 Å². The Morgan fingerprint density at radius 3 is 2.60 bits per heavy atom. The van der Waals surface area contributed by atoms with E-state index in [0.717, 1.165) is 6.42 Å². The molecule has 0 bridgehead atoms. The minimum absolute atomic E-state index is 0.207. The Labute approximate surface area is 95.7 Å². The van der Waals surface area contributed by atoms with Gasteiger partial charge in [0.05, 0.1) is 6.61 Å². The van der Waals surface area contributed by atoms with Gasteiger partial charge >= 0.3 is 0 Å². The summed E-state index contributed by atoms with van der Waals surface area (Å²) in [5.74, 6) is 0. The van der Waals surface area contributed by atoms with E-state index >= 15 is 0 Å². The maximum absolute atomic E-state index is 8.95. The van der Waals surface area contributed by atoms with E-state index in [9.17, 15) is 0 Å². The molecule has 1 aromatic carbocycles. The molecule has 0 spiro atoms. The Balaban J connectivity index is 3.04. The lowest BCUT2D eigenvalue weighted by Crippen LogP contribution is -1.99. The monoisotopic (exact) mass is 226 g/mol. The number of aryl methyl sites for hydroxylation is 1. The maximum Gasteiger partial charge on any atom is 0.0724 e. The molecule has 84 valence electrons. The first kappa shape index (κ1) is 12.6. The molecule has 0 saturated carbocycles. The summed E-state index contributed by atoms with van der Waals surface area (Å²) >= 11 is 1.72. The summed E-state index contributed by atoms with van der Waals surface area (Å²) in [6, 6.07) is 4.31. The van der Waals surface area contributed by atoms with Crippen molar-refractivity contribution in [2.24, 2.45) is 0 Å². The highest BCUT2D eigenvalue weighted by atomic mass is 32.2. The number of aliphatic hydroxyl groups is 1. The zero-order valence-corrected chi connectivity index (χ0v) is 10.4. The molecule has 0 amide bonds. The fraction of sp³-hybridized carbons (Fsp3) is 0.500. The lowest BCUT2D eigenvalue weighted by Gasteiger charge is -2.12. The summed E-state index contributed by atoms with van der Waals surface area (Å²) in [6.07, 6.45) is 2.79. The Hall–Kier alpha value is -0.510. The summed E-state index contributed by atoms with van der Waals surface area (Å²) in [6.45, 7) is 2.93. The van der Waals surface area contributed by atoms with Crippen LogP contribution in [0.4, 0.5) is 0 Å². The van der Waals surface area contributed by atoms with E-state index < -0.39 is 0 Å². The Bertz CT molecular complexity index is 324. The van der Waals surface area contributed by atoms with Crippen LogP contribution in [0, 0.1) is 6.92 Å². The van der Waals surface area contributed by atoms with Gasteiger partial charge in [-0.1, -0.05) is 6.07 Å². The standard InChI is InChI=1S/C12H18O2S/c1-9-6-11(8-14-2)12(15-3)7-10(9)4-5-13/h6-7,13H,4-5,8H2,1-3H3. The molecular weight excluding hydrogens is 208 g/mol. The zero-order valence-electron chi connectivity index (χ0n) is 9.54. The van der Waals surface area contributed by atoms with Crippen molar-refractivity contribution in [2.45, 2.75) is 24.8 Å². The van der Waals surface area contributed by atoms with Crippen molar-refractivity contribution < 1.29 is 9.84 Å². The van der Waals surface area contributed by atoms with Gasteiger partial charge in [-0.15, -0.1) is 11.8 Å². The van der Waals surface area contributed by atoms with Gasteiger partial charge in [0.15, 0.2) is 0 Å². The van der Waals surface area contributed by atoms with Gasteiger partial charge in [-0.3, -0.25) is 0 Å². The number of rotatable bonds is 5. The molecule has 0 unspecified atom stereocenters. The maximum atomic E-state index is 8.95. The molecule has 1 aromatic rings. The van der Waals surface area contributed by atoms with Gasteiger partial charge < -0.3 is 9.84 Å². The van der Waals surface area contributed by atoms with E-state index in [1.807, 2.05) is 0 Å². The van der Waals surface area contributed by atoms with Crippen molar-refractivity contribution in [2.75, 3.05) is 20.0 Å². The molecule has 0 fully saturated rings. The number of benzene rings is 1. The third-order valence-corrected chi connectivity index (χ3v) is 3.24. The first-order valence-electron chi connectivity index (χ1n) is 4.99. The lowest BCUT2D eigenvalue weighted by atomic mass is 10.0. The van der Waals surface area contributed by atoms with E-state index in [4.69, 9.17) is 9.84 Å². The van der Waals surface area contributed by atoms with Gasteiger partial charge in [0.2, 0.25) is 0 Å². The summed E-state index contributed by atoms with van der Waals surface area (Å²) in [4.78, 5) is 1.24. The van der Waals surface area contributed by atoms with Crippen molar-refractivity contribution in [3.8, 4) is 0 Å². The van der Waals surface area contributed by atoms with E-state index in [0.29, 0.717) is 6.61 Å². The molecule has 0 heterocycles. The zero-order chi connectivity index (χ0) is 11.3. The van der Waals surface area contributed by atoms with Crippen molar-refractivity contribution >= 4 is 11.8 Å². The normalized spacial score (nSPS) is 10.7. The molecule has 2 nitrogen and oxygen atoms in total. The third-order valence-electron chi connectivity index (χ3n) is 2.42. The first-order valence-corrected chi connectivity index (χ1v) is 6.21. The van der Waals surface area contributed by atoms with Crippen LogP contribution >= 0.6 is 11.8 Å². The SMILES string of the molecule is COCc1cc(C)c(CCO)cc1SC. The molecule has 0 aromatic heterocycles. The highest BCUT2D eigenvalue weighted by Gasteiger charge is 2.06. The Morgan fingerprint density at radius 2 is 2.07 bits per heavy atom. The number of hydrogen-bond acceptors (Lipinski definition) is 3. The van der Waals surface area contributed by atoms with Gasteiger partial charge in [-0.25, -0.2) is 0 Å². The smallest absolute Gasteiger partial charge is 0.0724 e. The van der Waals surface area contributed by atoms with Crippen molar-refractivity contribution in [1.82, 2.24) is 0 Å². The highest BCUT2D eigenvalue weighted by Crippen LogP contribution is 2.25. The van der Waals surface area contributed by atoms with Crippen LogP contribution in [0.25, 0.3) is 0 Å². The fourth-order valence-corrected chi connectivity index (χ4v) is 2.28. The van der Waals surface area contributed by atoms with Crippen molar-refractivity contribution in [3.05, 3.63) is 28.8 Å². The number of hydrogen-bond donors (Lipinski definition) is 1. The van der Waals surface area contributed by atoms with Gasteiger partial charge in [-0.05, 0) is 42.4 Å². The quantitative estimate of drug-likeness (QED) is 0.782. The van der Waals surface area contributed by atoms with E-state index in [-0.39, 0.29) is 6.61 Å². The molecule has 0 atom stereocenters. The second-order valence-corrected chi connectivity index (χ2v) is 4.35. The number of methoxy groups -OCH3 is 1. The van der Waals surface area contributed by atoms with E-state index in [2.05, 4.69) is 25.3 Å². The number of ether oxygens (including phenoxy) is 1. The molecule has 0 radical (unpaired) electrons. The molecule has 0 aliphatic carbocycles. The first-order chi connectivity index (χ1) is 7.22. The van der Waals surface area contributed by atoms with Crippen LogP contribution in [0.2, 0.25) is 0 Å². The molecule has 3 heteroatoms. The third kappa shape index (κ3) is 3.23. The Morgan fingerprint density at radius 1 is 1.33 bits per heavy atom. The fourth-order valence-electron chi connectivity index (χ4n) is 1.64. The topological polar surface area (TPSA) is 29.5 Å². The summed E-state index contributed by atoms with van der Waals surface area (Å²) in [5.41, 5.74) is 3.68. The minimum Gasteiger partial charge on any atom is -0.396 e. The van der Waals surface area contributed by atoms with Gasteiger partial charge in [-0.2, -0.15) is 0 Å². The molecule has 0 aliphatic rings. The van der Waals surface area contributed by atoms with Crippen LogP contribution in [0.15, 0.2) is 17.0 Å². The van der Waals surface area contributed by atoms with Crippen LogP contribution in [0.1, 0.15) is 16.7 Å². The summed E-state index contributed by atoms with van der Waals surface area (Å²) in [7, 11) is 1.71. The number of thioether (sulfide) groups is 1. The molecule has 0 aliphatic heterocycles. The Kier molecular flexibility index (Phi) is 5.15. The van der Waals surface area contributed by atoms with Crippen LogP contribution in [0.5, 0.6) is 0 Å². The van der Waals surface area contributed by atoms with E-state index in [1.165, 1.54) is 21.6 Å². The molecule has 1 N–H and O–H groups in total. The summed E-state index contributed by atoms with van der Waals surface area (Å²) in [5, 5.41) is 8.95. The second-order valence-electron chi connectivity index (χ2n) is 3.50. The van der Waals surface area contributed by atoms with Crippen molar-refractivity contribution in [3.63, 3.8) is 0 Å². The van der Waals surface area contributed by atoms with Crippen LogP contribution in [0.3, 0.4) is 0 Å². The molecule has 0 saturated heterocycles. The lowest BCUT2D eigenvalue weighted by molar-refractivity contribution is 0.183. The van der Waals surface area contributed by atoms with Crippen LogP contribution in [-0.4, -0.2) is 25.1 Å². The highest BCUT2D eigenvalue weighted by molar-refractivity contribution is 7.98.